The summed E-state index contributed by atoms with van der Waals surface area (Å²) in [7, 11) is 0. The molecule has 5 nitrogen and oxygen atoms in total. The van der Waals surface area contributed by atoms with Crippen LogP contribution in [-0.4, -0.2) is 35.3 Å². The number of pyridine rings is 1. The number of rotatable bonds is 4. The molecule has 0 spiro atoms. The zero-order valence-electron chi connectivity index (χ0n) is 10.0. The molecule has 1 aliphatic heterocycles. The van der Waals surface area contributed by atoms with Gasteiger partial charge in [-0.1, -0.05) is 0 Å². The van der Waals surface area contributed by atoms with Gasteiger partial charge < -0.3 is 15.2 Å². The number of hydrogen-bond acceptors (Lipinski definition) is 4. The number of anilines is 1. The van der Waals surface area contributed by atoms with E-state index in [0.717, 1.165) is 12.5 Å². The number of carbonyl (C=O) groups is 1. The quantitative estimate of drug-likeness (QED) is 0.856. The number of aromatic nitrogens is 1. The van der Waals surface area contributed by atoms with Gasteiger partial charge in [-0.15, -0.1) is 0 Å². The van der Waals surface area contributed by atoms with Crippen LogP contribution in [0.1, 0.15) is 23.7 Å². The molecule has 2 heterocycles. The van der Waals surface area contributed by atoms with Crippen molar-refractivity contribution in [2.24, 2.45) is 5.92 Å². The number of nitrogens with zero attached hydrogens (tertiary/aromatic N) is 1. The van der Waals surface area contributed by atoms with Crippen LogP contribution in [0.3, 0.4) is 0 Å². The van der Waals surface area contributed by atoms with Crippen LogP contribution in [0.4, 0.5) is 10.2 Å². The summed E-state index contributed by atoms with van der Waals surface area (Å²) in [6.45, 7) is 3.20. The molecule has 1 aromatic heterocycles. The van der Waals surface area contributed by atoms with Gasteiger partial charge in [0.1, 0.15) is 5.56 Å². The number of nitrogens with one attached hydrogen (secondary N) is 1. The van der Waals surface area contributed by atoms with Crippen LogP contribution < -0.4 is 5.32 Å². The fourth-order valence-electron chi connectivity index (χ4n) is 2.00. The highest BCUT2D eigenvalue weighted by atomic mass is 19.1. The average Bonchev–Trinajstić information content (AvgIpc) is 2.73. The van der Waals surface area contributed by atoms with Gasteiger partial charge in [0.25, 0.3) is 0 Å². The minimum Gasteiger partial charge on any atom is -0.478 e. The molecule has 2 atom stereocenters. The van der Waals surface area contributed by atoms with Crippen LogP contribution >= 0.6 is 0 Å². The second kappa shape index (κ2) is 5.30. The summed E-state index contributed by atoms with van der Waals surface area (Å²) in [5.74, 6) is -1.85. The van der Waals surface area contributed by atoms with E-state index in [-0.39, 0.29) is 17.5 Å². The molecule has 1 fully saturated rings. The van der Waals surface area contributed by atoms with Crippen molar-refractivity contribution >= 4 is 11.8 Å². The van der Waals surface area contributed by atoms with Crippen LogP contribution in [0.2, 0.25) is 0 Å². The Hall–Kier alpha value is -1.69. The lowest BCUT2D eigenvalue weighted by Crippen LogP contribution is -2.22. The van der Waals surface area contributed by atoms with Crippen LogP contribution in [0.15, 0.2) is 12.3 Å². The SMILES string of the molecule is CC1OCCC1CNc1nccc(C(=O)O)c1F. The molecule has 0 aliphatic carbocycles. The predicted octanol–water partition coefficient (Wildman–Crippen LogP) is 1.76. The third-order valence-corrected chi connectivity index (χ3v) is 3.18. The van der Waals surface area contributed by atoms with Gasteiger partial charge in [-0.25, -0.2) is 14.2 Å². The number of halogens is 1. The van der Waals surface area contributed by atoms with Crippen molar-refractivity contribution in [3.8, 4) is 0 Å². The van der Waals surface area contributed by atoms with E-state index in [1.807, 2.05) is 6.92 Å². The van der Waals surface area contributed by atoms with E-state index in [4.69, 9.17) is 9.84 Å². The molecule has 1 saturated heterocycles. The van der Waals surface area contributed by atoms with Crippen molar-refractivity contribution < 1.29 is 19.0 Å². The molecule has 6 heteroatoms. The molecular formula is C12H15FN2O3. The lowest BCUT2D eigenvalue weighted by Gasteiger charge is -2.15. The highest BCUT2D eigenvalue weighted by Crippen LogP contribution is 2.22. The summed E-state index contributed by atoms with van der Waals surface area (Å²) < 4.78 is 19.2. The standard InChI is InChI=1S/C12H15FN2O3/c1-7-8(3-5-18-7)6-15-11-10(13)9(12(16)17)2-4-14-11/h2,4,7-8H,3,5-6H2,1H3,(H,14,15)(H,16,17). The van der Waals surface area contributed by atoms with Crippen molar-refractivity contribution in [2.75, 3.05) is 18.5 Å². The number of carboxylic acids is 1. The van der Waals surface area contributed by atoms with Gasteiger partial charge in [0, 0.05) is 25.3 Å². The Kier molecular flexibility index (Phi) is 3.76. The normalized spacial score (nSPS) is 23.0. The van der Waals surface area contributed by atoms with Crippen molar-refractivity contribution in [2.45, 2.75) is 19.4 Å². The second-order valence-electron chi connectivity index (χ2n) is 4.33. The smallest absolute Gasteiger partial charge is 0.338 e. The lowest BCUT2D eigenvalue weighted by molar-refractivity contribution is 0.0691. The third kappa shape index (κ3) is 2.59. The fourth-order valence-corrected chi connectivity index (χ4v) is 2.00. The Morgan fingerprint density at radius 3 is 3.11 bits per heavy atom. The summed E-state index contributed by atoms with van der Waals surface area (Å²) in [4.78, 5) is 14.6. The van der Waals surface area contributed by atoms with Crippen molar-refractivity contribution in [1.29, 1.82) is 0 Å². The summed E-state index contributed by atoms with van der Waals surface area (Å²) in [5.41, 5.74) is -0.372. The highest BCUT2D eigenvalue weighted by molar-refractivity contribution is 5.88. The third-order valence-electron chi connectivity index (χ3n) is 3.18. The summed E-state index contributed by atoms with van der Waals surface area (Å²) >= 11 is 0. The first-order chi connectivity index (χ1) is 8.59. The van der Waals surface area contributed by atoms with Crippen LogP contribution in [-0.2, 0) is 4.74 Å². The Balaban J connectivity index is 2.05. The number of ether oxygens (including phenoxy) is 1. The van der Waals surface area contributed by atoms with Crippen molar-refractivity contribution in [3.05, 3.63) is 23.6 Å². The first-order valence-corrected chi connectivity index (χ1v) is 5.83. The van der Waals surface area contributed by atoms with Crippen LogP contribution in [0.5, 0.6) is 0 Å². The lowest BCUT2D eigenvalue weighted by atomic mass is 10.0. The maximum Gasteiger partial charge on any atom is 0.338 e. The number of carboxylic acid groups (broad SMARTS) is 1. The Morgan fingerprint density at radius 2 is 2.50 bits per heavy atom. The molecule has 2 rings (SSSR count). The first kappa shape index (κ1) is 12.8. The van der Waals surface area contributed by atoms with E-state index in [9.17, 15) is 9.18 Å². The summed E-state index contributed by atoms with van der Waals surface area (Å²) in [5, 5.41) is 11.6. The maximum absolute atomic E-state index is 13.8. The molecule has 98 valence electrons. The Labute approximate surface area is 104 Å². The van der Waals surface area contributed by atoms with E-state index in [2.05, 4.69) is 10.3 Å². The van der Waals surface area contributed by atoms with Gasteiger partial charge in [-0.3, -0.25) is 0 Å². The number of hydrogen-bond donors (Lipinski definition) is 2. The monoisotopic (exact) mass is 254 g/mol. The topological polar surface area (TPSA) is 71.5 Å². The summed E-state index contributed by atoms with van der Waals surface area (Å²) in [6.07, 6.45) is 2.32. The maximum atomic E-state index is 13.8. The van der Waals surface area contributed by atoms with Gasteiger partial charge in [-0.2, -0.15) is 0 Å². The zero-order valence-corrected chi connectivity index (χ0v) is 10.0. The predicted molar refractivity (Wildman–Crippen MR) is 63.2 cm³/mol. The van der Waals surface area contributed by atoms with E-state index in [0.29, 0.717) is 19.1 Å². The molecule has 1 aliphatic rings. The van der Waals surface area contributed by atoms with Gasteiger partial charge in [0.05, 0.1) is 6.10 Å². The van der Waals surface area contributed by atoms with Gasteiger partial charge >= 0.3 is 5.97 Å². The van der Waals surface area contributed by atoms with E-state index < -0.39 is 11.8 Å². The summed E-state index contributed by atoms with van der Waals surface area (Å²) in [6, 6.07) is 1.14. The molecule has 2 unspecified atom stereocenters. The molecule has 0 radical (unpaired) electrons. The van der Waals surface area contributed by atoms with Crippen LogP contribution in [0, 0.1) is 11.7 Å². The molecule has 18 heavy (non-hydrogen) atoms. The zero-order chi connectivity index (χ0) is 13.1. The van der Waals surface area contributed by atoms with E-state index in [1.165, 1.54) is 6.20 Å². The largest absolute Gasteiger partial charge is 0.478 e. The molecule has 1 aromatic rings. The van der Waals surface area contributed by atoms with Gasteiger partial charge in [0.15, 0.2) is 11.6 Å². The van der Waals surface area contributed by atoms with Crippen molar-refractivity contribution in [3.63, 3.8) is 0 Å². The average molecular weight is 254 g/mol. The molecule has 0 amide bonds. The van der Waals surface area contributed by atoms with Gasteiger partial charge in [0.2, 0.25) is 0 Å². The van der Waals surface area contributed by atoms with E-state index in [1.54, 1.807) is 0 Å². The Bertz CT molecular complexity index is 453. The molecule has 0 saturated carbocycles. The van der Waals surface area contributed by atoms with E-state index >= 15 is 0 Å². The minimum absolute atomic E-state index is 0.0194. The second-order valence-corrected chi connectivity index (χ2v) is 4.33. The van der Waals surface area contributed by atoms with Gasteiger partial charge in [-0.05, 0) is 19.4 Å². The number of aromatic carboxylic acids is 1. The minimum atomic E-state index is -1.30. The highest BCUT2D eigenvalue weighted by Gasteiger charge is 2.24. The molecular weight excluding hydrogens is 239 g/mol. The molecule has 2 N–H and O–H groups in total. The Morgan fingerprint density at radius 1 is 1.72 bits per heavy atom. The van der Waals surface area contributed by atoms with Crippen LogP contribution in [0.25, 0.3) is 0 Å². The first-order valence-electron chi connectivity index (χ1n) is 5.83. The molecule has 0 bridgehead atoms. The molecule has 0 aromatic carbocycles. The fraction of sp³-hybridized carbons (Fsp3) is 0.500. The van der Waals surface area contributed by atoms with Crippen molar-refractivity contribution in [1.82, 2.24) is 4.98 Å².